The second kappa shape index (κ2) is 5.27. The van der Waals surface area contributed by atoms with Crippen LogP contribution in [0.2, 0.25) is 0 Å². The van der Waals surface area contributed by atoms with Crippen LogP contribution in [0, 0.1) is 0 Å². The molecule has 0 aromatic carbocycles. The van der Waals surface area contributed by atoms with Gasteiger partial charge in [0, 0.05) is 6.04 Å². The van der Waals surface area contributed by atoms with Crippen molar-refractivity contribution < 1.29 is 13.2 Å². The fraction of sp³-hybridized carbons (Fsp3) is 1.00. The van der Waals surface area contributed by atoms with Crippen LogP contribution in [0.25, 0.3) is 0 Å². The van der Waals surface area contributed by atoms with Crippen molar-refractivity contribution in [1.29, 1.82) is 0 Å². The molecule has 15 heavy (non-hydrogen) atoms. The maximum atomic E-state index is 11.7. The van der Waals surface area contributed by atoms with Gasteiger partial charge >= 0.3 is 0 Å². The fourth-order valence-corrected chi connectivity index (χ4v) is 3.64. The minimum atomic E-state index is -3.05. The highest BCUT2D eigenvalue weighted by atomic mass is 32.2. The lowest BCUT2D eigenvalue weighted by Crippen LogP contribution is -2.33. The summed E-state index contributed by atoms with van der Waals surface area (Å²) in [6.45, 7) is 3.87. The fourth-order valence-electron chi connectivity index (χ4n) is 1.80. The van der Waals surface area contributed by atoms with Gasteiger partial charge < -0.3 is 10.5 Å². The standard InChI is InChI=1S/C10H21NO3S/c1-3-9(11)6-15(12,13)7-10-5-4-8(2)14-10/h8-10H,3-7,11H2,1-2H3. The summed E-state index contributed by atoms with van der Waals surface area (Å²) in [6.07, 6.45) is 2.59. The van der Waals surface area contributed by atoms with E-state index in [4.69, 9.17) is 10.5 Å². The van der Waals surface area contributed by atoms with Crippen LogP contribution in [-0.4, -0.2) is 38.2 Å². The molecule has 4 nitrogen and oxygen atoms in total. The van der Waals surface area contributed by atoms with Crippen molar-refractivity contribution >= 4 is 9.84 Å². The Bertz CT molecular complexity index is 289. The van der Waals surface area contributed by atoms with Gasteiger partial charge in [-0.25, -0.2) is 8.42 Å². The number of hydrogen-bond donors (Lipinski definition) is 1. The molecule has 0 aliphatic carbocycles. The summed E-state index contributed by atoms with van der Waals surface area (Å²) in [7, 11) is -3.05. The predicted molar refractivity (Wildman–Crippen MR) is 60.5 cm³/mol. The van der Waals surface area contributed by atoms with E-state index in [0.29, 0.717) is 6.42 Å². The lowest BCUT2D eigenvalue weighted by Gasteiger charge is -2.14. The Kier molecular flexibility index (Phi) is 4.55. The Labute approximate surface area is 92.1 Å². The van der Waals surface area contributed by atoms with Crippen LogP contribution >= 0.6 is 0 Å². The van der Waals surface area contributed by atoms with Crippen molar-refractivity contribution in [2.75, 3.05) is 11.5 Å². The normalized spacial score (nSPS) is 29.3. The first-order valence-electron chi connectivity index (χ1n) is 5.54. The molecule has 1 fully saturated rings. The molecule has 5 heteroatoms. The summed E-state index contributed by atoms with van der Waals surface area (Å²) in [6, 6.07) is -0.242. The molecule has 0 saturated carbocycles. The van der Waals surface area contributed by atoms with Crippen molar-refractivity contribution in [2.45, 2.75) is 51.4 Å². The molecule has 1 aliphatic rings. The van der Waals surface area contributed by atoms with Gasteiger partial charge in [-0.15, -0.1) is 0 Å². The van der Waals surface area contributed by atoms with Crippen molar-refractivity contribution in [1.82, 2.24) is 0 Å². The lowest BCUT2D eigenvalue weighted by molar-refractivity contribution is 0.0690. The van der Waals surface area contributed by atoms with Crippen LogP contribution < -0.4 is 5.73 Å². The van der Waals surface area contributed by atoms with Gasteiger partial charge in [-0.05, 0) is 26.2 Å². The van der Waals surface area contributed by atoms with E-state index in [-0.39, 0.29) is 29.8 Å². The minimum Gasteiger partial charge on any atom is -0.374 e. The molecule has 3 unspecified atom stereocenters. The van der Waals surface area contributed by atoms with Crippen LogP contribution in [0.5, 0.6) is 0 Å². The van der Waals surface area contributed by atoms with Crippen molar-refractivity contribution in [3.8, 4) is 0 Å². The van der Waals surface area contributed by atoms with Gasteiger partial charge in [0.1, 0.15) is 0 Å². The van der Waals surface area contributed by atoms with Crippen LogP contribution in [0.1, 0.15) is 33.1 Å². The first-order valence-corrected chi connectivity index (χ1v) is 7.36. The third-order valence-electron chi connectivity index (χ3n) is 2.75. The quantitative estimate of drug-likeness (QED) is 0.762. The monoisotopic (exact) mass is 235 g/mol. The van der Waals surface area contributed by atoms with E-state index in [1.807, 2.05) is 13.8 Å². The predicted octanol–water partition coefficient (Wildman–Crippen LogP) is 0.706. The van der Waals surface area contributed by atoms with E-state index < -0.39 is 9.84 Å². The van der Waals surface area contributed by atoms with E-state index in [1.165, 1.54) is 0 Å². The number of ether oxygens (including phenoxy) is 1. The third-order valence-corrected chi connectivity index (χ3v) is 4.57. The van der Waals surface area contributed by atoms with Gasteiger partial charge in [-0.3, -0.25) is 0 Å². The van der Waals surface area contributed by atoms with Crippen LogP contribution in [0.15, 0.2) is 0 Å². The SMILES string of the molecule is CCC(N)CS(=O)(=O)CC1CCC(C)O1. The highest BCUT2D eigenvalue weighted by Gasteiger charge is 2.27. The largest absolute Gasteiger partial charge is 0.374 e. The van der Waals surface area contributed by atoms with Crippen molar-refractivity contribution in [3.05, 3.63) is 0 Å². The molecular weight excluding hydrogens is 214 g/mol. The van der Waals surface area contributed by atoms with Gasteiger partial charge in [-0.1, -0.05) is 6.92 Å². The molecular formula is C10H21NO3S. The molecule has 3 atom stereocenters. The average molecular weight is 235 g/mol. The number of hydrogen-bond acceptors (Lipinski definition) is 4. The smallest absolute Gasteiger partial charge is 0.154 e. The number of sulfone groups is 1. The van der Waals surface area contributed by atoms with E-state index in [1.54, 1.807) is 0 Å². The van der Waals surface area contributed by atoms with Gasteiger partial charge in [0.2, 0.25) is 0 Å². The summed E-state index contributed by atoms with van der Waals surface area (Å²) >= 11 is 0. The molecule has 0 amide bonds. The summed E-state index contributed by atoms with van der Waals surface area (Å²) in [5.41, 5.74) is 5.64. The van der Waals surface area contributed by atoms with Crippen LogP contribution in [0.4, 0.5) is 0 Å². The Morgan fingerprint density at radius 2 is 2.13 bits per heavy atom. The number of rotatable bonds is 5. The summed E-state index contributed by atoms with van der Waals surface area (Å²) in [4.78, 5) is 0. The molecule has 1 aliphatic heterocycles. The molecule has 0 spiro atoms. The van der Waals surface area contributed by atoms with Crippen LogP contribution in [0.3, 0.4) is 0 Å². The highest BCUT2D eigenvalue weighted by Crippen LogP contribution is 2.20. The van der Waals surface area contributed by atoms with Crippen LogP contribution in [-0.2, 0) is 14.6 Å². The molecule has 0 aromatic heterocycles. The van der Waals surface area contributed by atoms with Gasteiger partial charge in [0.25, 0.3) is 0 Å². The Balaban J connectivity index is 2.42. The zero-order valence-corrected chi connectivity index (χ0v) is 10.3. The molecule has 0 aromatic rings. The molecule has 0 radical (unpaired) electrons. The van der Waals surface area contributed by atoms with E-state index in [9.17, 15) is 8.42 Å². The van der Waals surface area contributed by atoms with Gasteiger partial charge in [0.15, 0.2) is 9.84 Å². The van der Waals surface area contributed by atoms with Gasteiger partial charge in [-0.2, -0.15) is 0 Å². The first kappa shape index (κ1) is 12.9. The average Bonchev–Trinajstić information content (AvgIpc) is 2.49. The summed E-state index contributed by atoms with van der Waals surface area (Å²) < 4.78 is 28.9. The summed E-state index contributed by atoms with van der Waals surface area (Å²) in [5.74, 6) is 0.211. The van der Waals surface area contributed by atoms with Crippen molar-refractivity contribution in [2.24, 2.45) is 5.73 Å². The Morgan fingerprint density at radius 1 is 1.47 bits per heavy atom. The molecule has 2 N–H and O–H groups in total. The second-order valence-electron chi connectivity index (χ2n) is 4.39. The molecule has 1 saturated heterocycles. The third kappa shape index (κ3) is 4.49. The topological polar surface area (TPSA) is 69.4 Å². The molecule has 0 bridgehead atoms. The van der Waals surface area contributed by atoms with E-state index in [2.05, 4.69) is 0 Å². The Hall–Kier alpha value is -0.130. The van der Waals surface area contributed by atoms with Crippen molar-refractivity contribution in [3.63, 3.8) is 0 Å². The zero-order valence-electron chi connectivity index (χ0n) is 9.48. The number of nitrogens with two attached hydrogens (primary N) is 1. The maximum Gasteiger partial charge on any atom is 0.154 e. The molecule has 1 rings (SSSR count). The Morgan fingerprint density at radius 3 is 2.60 bits per heavy atom. The first-order chi connectivity index (χ1) is 6.93. The molecule has 90 valence electrons. The zero-order chi connectivity index (χ0) is 11.5. The van der Waals surface area contributed by atoms with Gasteiger partial charge in [0.05, 0.1) is 23.7 Å². The minimum absolute atomic E-state index is 0.0811. The lowest BCUT2D eigenvalue weighted by atomic mass is 10.2. The highest BCUT2D eigenvalue weighted by molar-refractivity contribution is 7.91. The second-order valence-corrected chi connectivity index (χ2v) is 6.55. The maximum absolute atomic E-state index is 11.7. The molecule has 1 heterocycles. The van der Waals surface area contributed by atoms with E-state index >= 15 is 0 Å². The summed E-state index contributed by atoms with van der Waals surface area (Å²) in [5, 5.41) is 0. The van der Waals surface area contributed by atoms with E-state index in [0.717, 1.165) is 12.8 Å².